The molecule has 0 atom stereocenters. The van der Waals surface area contributed by atoms with Crippen molar-refractivity contribution in [2.24, 2.45) is 5.41 Å². The average molecular weight is 235 g/mol. The first-order valence-electron chi connectivity index (χ1n) is 6.02. The van der Waals surface area contributed by atoms with Crippen molar-refractivity contribution in [3.63, 3.8) is 0 Å². The van der Waals surface area contributed by atoms with Gasteiger partial charge in [0.1, 0.15) is 12.4 Å². The number of carbonyl (C=O) groups excluding carboxylic acids is 1. The van der Waals surface area contributed by atoms with Crippen LogP contribution in [-0.4, -0.2) is 19.1 Å². The molecule has 0 saturated heterocycles. The van der Waals surface area contributed by atoms with E-state index in [1.54, 1.807) is 0 Å². The van der Waals surface area contributed by atoms with Crippen LogP contribution in [0.5, 0.6) is 5.75 Å². The van der Waals surface area contributed by atoms with Crippen LogP contribution >= 0.6 is 0 Å². The van der Waals surface area contributed by atoms with Crippen LogP contribution in [0.15, 0.2) is 30.3 Å². The largest absolute Gasteiger partial charge is 0.492 e. The first-order chi connectivity index (χ1) is 8.06. The van der Waals surface area contributed by atoms with Crippen molar-refractivity contribution in [3.8, 4) is 5.75 Å². The van der Waals surface area contributed by atoms with E-state index in [0.717, 1.165) is 12.2 Å². The maximum atomic E-state index is 11.7. The van der Waals surface area contributed by atoms with Gasteiger partial charge in [0.2, 0.25) is 5.91 Å². The maximum Gasteiger partial charge on any atom is 0.225 e. The molecule has 0 spiro atoms. The number of hydrogen-bond donors (Lipinski definition) is 1. The minimum absolute atomic E-state index is 0.0802. The Bertz CT molecular complexity index is 346. The molecule has 0 saturated carbocycles. The van der Waals surface area contributed by atoms with E-state index < -0.39 is 0 Å². The van der Waals surface area contributed by atoms with Crippen LogP contribution in [0.25, 0.3) is 0 Å². The van der Waals surface area contributed by atoms with Crippen molar-refractivity contribution in [1.29, 1.82) is 0 Å². The topological polar surface area (TPSA) is 38.3 Å². The lowest BCUT2D eigenvalue weighted by Gasteiger charge is -2.21. The van der Waals surface area contributed by atoms with Crippen LogP contribution in [0.4, 0.5) is 0 Å². The summed E-state index contributed by atoms with van der Waals surface area (Å²) in [5.74, 6) is 0.910. The first kappa shape index (κ1) is 13.6. The van der Waals surface area contributed by atoms with Crippen LogP contribution in [-0.2, 0) is 4.79 Å². The van der Waals surface area contributed by atoms with Crippen molar-refractivity contribution in [2.45, 2.75) is 27.2 Å². The van der Waals surface area contributed by atoms with Gasteiger partial charge in [-0.15, -0.1) is 0 Å². The van der Waals surface area contributed by atoms with E-state index in [9.17, 15) is 4.79 Å². The van der Waals surface area contributed by atoms with E-state index in [1.807, 2.05) is 51.1 Å². The van der Waals surface area contributed by atoms with E-state index in [4.69, 9.17) is 4.74 Å². The summed E-state index contributed by atoms with van der Waals surface area (Å²) in [6.07, 6.45) is 0.832. The Hall–Kier alpha value is -1.51. The van der Waals surface area contributed by atoms with Gasteiger partial charge in [0.25, 0.3) is 0 Å². The lowest BCUT2D eigenvalue weighted by molar-refractivity contribution is -0.129. The molecule has 1 N–H and O–H groups in total. The van der Waals surface area contributed by atoms with Crippen molar-refractivity contribution in [2.75, 3.05) is 13.2 Å². The third kappa shape index (κ3) is 4.47. The zero-order valence-electron chi connectivity index (χ0n) is 10.8. The highest BCUT2D eigenvalue weighted by Gasteiger charge is 2.24. The molecule has 3 heteroatoms. The summed E-state index contributed by atoms with van der Waals surface area (Å²) in [5, 5.41) is 2.88. The van der Waals surface area contributed by atoms with Crippen LogP contribution in [0.2, 0.25) is 0 Å². The Morgan fingerprint density at radius 2 is 1.94 bits per heavy atom. The fourth-order valence-corrected chi connectivity index (χ4v) is 1.25. The smallest absolute Gasteiger partial charge is 0.225 e. The number of ether oxygens (including phenoxy) is 1. The molecule has 17 heavy (non-hydrogen) atoms. The van der Waals surface area contributed by atoms with Gasteiger partial charge in [-0.05, 0) is 18.6 Å². The lowest BCUT2D eigenvalue weighted by atomic mass is 9.89. The van der Waals surface area contributed by atoms with Gasteiger partial charge in [-0.2, -0.15) is 0 Å². The summed E-state index contributed by atoms with van der Waals surface area (Å²) in [7, 11) is 0. The van der Waals surface area contributed by atoms with E-state index >= 15 is 0 Å². The number of amides is 1. The number of benzene rings is 1. The van der Waals surface area contributed by atoms with Gasteiger partial charge in [0, 0.05) is 5.41 Å². The third-order valence-electron chi connectivity index (χ3n) is 2.90. The molecule has 0 aliphatic carbocycles. The highest BCUT2D eigenvalue weighted by Crippen LogP contribution is 2.19. The molecule has 1 aromatic carbocycles. The molecule has 0 radical (unpaired) electrons. The van der Waals surface area contributed by atoms with Crippen LogP contribution < -0.4 is 10.1 Å². The maximum absolute atomic E-state index is 11.7. The summed E-state index contributed by atoms with van der Waals surface area (Å²) >= 11 is 0. The Morgan fingerprint density at radius 1 is 1.29 bits per heavy atom. The number of para-hydroxylation sites is 1. The van der Waals surface area contributed by atoms with Gasteiger partial charge in [-0.25, -0.2) is 0 Å². The number of hydrogen-bond acceptors (Lipinski definition) is 2. The molecule has 0 fully saturated rings. The molecule has 0 aromatic heterocycles. The molecule has 0 unspecified atom stereocenters. The number of nitrogens with one attached hydrogen (secondary N) is 1. The quantitative estimate of drug-likeness (QED) is 0.770. The van der Waals surface area contributed by atoms with Gasteiger partial charge < -0.3 is 10.1 Å². The normalized spacial score (nSPS) is 11.0. The van der Waals surface area contributed by atoms with E-state index in [1.165, 1.54) is 0 Å². The highest BCUT2D eigenvalue weighted by atomic mass is 16.5. The minimum atomic E-state index is -0.299. The lowest BCUT2D eigenvalue weighted by Crippen LogP contribution is -2.38. The van der Waals surface area contributed by atoms with Gasteiger partial charge in [-0.3, -0.25) is 4.79 Å². The standard InChI is InChI=1S/C14H21NO2/c1-4-14(2,3)13(16)15-10-11-17-12-8-6-5-7-9-12/h5-9H,4,10-11H2,1-3H3,(H,15,16). The predicted octanol–water partition coefficient (Wildman–Crippen LogP) is 2.62. The molecule has 0 bridgehead atoms. The molecular weight excluding hydrogens is 214 g/mol. The molecule has 1 aromatic rings. The molecule has 1 rings (SSSR count). The Morgan fingerprint density at radius 3 is 2.53 bits per heavy atom. The SMILES string of the molecule is CCC(C)(C)C(=O)NCCOc1ccccc1. The Kier molecular flexibility index (Phi) is 5.01. The van der Waals surface area contributed by atoms with Crippen molar-refractivity contribution >= 4 is 5.91 Å². The fraction of sp³-hybridized carbons (Fsp3) is 0.500. The third-order valence-corrected chi connectivity index (χ3v) is 2.90. The summed E-state index contributed by atoms with van der Waals surface area (Å²) in [6.45, 7) is 6.94. The molecule has 1 amide bonds. The molecule has 94 valence electrons. The Labute approximate surface area is 103 Å². The predicted molar refractivity (Wildman–Crippen MR) is 69.0 cm³/mol. The van der Waals surface area contributed by atoms with E-state index in [-0.39, 0.29) is 11.3 Å². The summed E-state index contributed by atoms with van der Waals surface area (Å²) in [6, 6.07) is 9.59. The van der Waals surface area contributed by atoms with Crippen molar-refractivity contribution in [3.05, 3.63) is 30.3 Å². The summed E-state index contributed by atoms with van der Waals surface area (Å²) < 4.78 is 5.49. The monoisotopic (exact) mass is 235 g/mol. The highest BCUT2D eigenvalue weighted by molar-refractivity contribution is 5.81. The molecule has 0 aliphatic heterocycles. The number of rotatable bonds is 6. The van der Waals surface area contributed by atoms with E-state index in [0.29, 0.717) is 13.2 Å². The van der Waals surface area contributed by atoms with Gasteiger partial charge in [0.15, 0.2) is 0 Å². The summed E-state index contributed by atoms with van der Waals surface area (Å²) in [5.41, 5.74) is -0.299. The van der Waals surface area contributed by atoms with Crippen LogP contribution in [0.3, 0.4) is 0 Å². The molecule has 3 nitrogen and oxygen atoms in total. The second-order valence-corrected chi connectivity index (χ2v) is 4.65. The number of carbonyl (C=O) groups is 1. The minimum Gasteiger partial charge on any atom is -0.492 e. The van der Waals surface area contributed by atoms with Crippen LogP contribution in [0, 0.1) is 5.41 Å². The van der Waals surface area contributed by atoms with E-state index in [2.05, 4.69) is 5.32 Å². The zero-order valence-corrected chi connectivity index (χ0v) is 10.8. The second-order valence-electron chi connectivity index (χ2n) is 4.65. The van der Waals surface area contributed by atoms with Gasteiger partial charge >= 0.3 is 0 Å². The van der Waals surface area contributed by atoms with Gasteiger partial charge in [0.05, 0.1) is 6.54 Å². The zero-order chi connectivity index (χ0) is 12.7. The molecular formula is C14H21NO2. The Balaban J connectivity index is 2.23. The molecule has 0 heterocycles. The first-order valence-corrected chi connectivity index (χ1v) is 6.02. The summed E-state index contributed by atoms with van der Waals surface area (Å²) in [4.78, 5) is 11.7. The second kappa shape index (κ2) is 6.28. The average Bonchev–Trinajstić information content (AvgIpc) is 2.35. The van der Waals surface area contributed by atoms with Gasteiger partial charge in [-0.1, -0.05) is 39.0 Å². The van der Waals surface area contributed by atoms with Crippen molar-refractivity contribution < 1.29 is 9.53 Å². The van der Waals surface area contributed by atoms with Crippen LogP contribution in [0.1, 0.15) is 27.2 Å². The fourth-order valence-electron chi connectivity index (χ4n) is 1.25. The molecule has 0 aliphatic rings. The van der Waals surface area contributed by atoms with Crippen molar-refractivity contribution in [1.82, 2.24) is 5.32 Å².